The van der Waals surface area contributed by atoms with E-state index in [-0.39, 0.29) is 15.9 Å². The Morgan fingerprint density at radius 3 is 2.53 bits per heavy atom. The predicted molar refractivity (Wildman–Crippen MR) is 71.0 cm³/mol. The van der Waals surface area contributed by atoms with E-state index in [1.165, 1.54) is 11.4 Å². The quantitative estimate of drug-likeness (QED) is 0.837. The highest BCUT2D eigenvalue weighted by atomic mass is 32.2. The first kappa shape index (κ1) is 13.9. The van der Waals surface area contributed by atoms with Gasteiger partial charge in [-0.05, 0) is 13.8 Å². The van der Waals surface area contributed by atoms with Crippen LogP contribution in [0.15, 0.2) is 4.21 Å². The van der Waals surface area contributed by atoms with Gasteiger partial charge in [0.25, 0.3) is 10.0 Å². The number of aromatic amines is 1. The van der Waals surface area contributed by atoms with Crippen LogP contribution < -0.4 is 5.73 Å². The van der Waals surface area contributed by atoms with Crippen molar-refractivity contribution < 1.29 is 8.42 Å². The SMILES string of the molecule is Cc1nc(CN(C)S(=O)(=O)c2sc(N)nc2C)n[nH]1. The monoisotopic (exact) mass is 302 g/mol. The highest BCUT2D eigenvalue weighted by Gasteiger charge is 2.27. The van der Waals surface area contributed by atoms with Crippen molar-refractivity contribution in [3.8, 4) is 0 Å². The minimum atomic E-state index is -3.62. The van der Waals surface area contributed by atoms with Crippen molar-refractivity contribution in [2.45, 2.75) is 24.6 Å². The Bertz CT molecular complexity index is 689. The fraction of sp³-hybridized carbons (Fsp3) is 0.444. The number of nitrogens with one attached hydrogen (secondary N) is 1. The fourth-order valence-corrected chi connectivity index (χ4v) is 4.14. The molecular weight excluding hydrogens is 288 g/mol. The molecule has 0 aliphatic heterocycles. The zero-order valence-electron chi connectivity index (χ0n) is 10.7. The molecule has 2 rings (SSSR count). The third-order valence-electron chi connectivity index (χ3n) is 2.42. The van der Waals surface area contributed by atoms with Crippen molar-refractivity contribution in [2.75, 3.05) is 12.8 Å². The summed E-state index contributed by atoms with van der Waals surface area (Å²) in [7, 11) is -2.15. The van der Waals surface area contributed by atoms with Gasteiger partial charge in [-0.3, -0.25) is 5.10 Å². The summed E-state index contributed by atoms with van der Waals surface area (Å²) in [5.41, 5.74) is 5.93. The molecule has 104 valence electrons. The highest BCUT2D eigenvalue weighted by molar-refractivity contribution is 7.91. The maximum Gasteiger partial charge on any atom is 0.254 e. The molecule has 0 aliphatic rings. The molecule has 0 atom stereocenters. The molecule has 0 aromatic carbocycles. The number of aromatic nitrogens is 4. The summed E-state index contributed by atoms with van der Waals surface area (Å²) in [6.07, 6.45) is 0. The Kier molecular flexibility index (Phi) is 3.56. The molecule has 0 fully saturated rings. The number of sulfonamides is 1. The number of nitrogen functional groups attached to an aromatic ring is 1. The molecule has 0 saturated heterocycles. The lowest BCUT2D eigenvalue weighted by Crippen LogP contribution is -2.27. The first-order valence-corrected chi connectivity index (χ1v) is 7.63. The Labute approximate surface area is 114 Å². The molecule has 2 aromatic heterocycles. The molecule has 0 aliphatic carbocycles. The van der Waals surface area contributed by atoms with Gasteiger partial charge in [0, 0.05) is 7.05 Å². The van der Waals surface area contributed by atoms with Crippen LogP contribution in [0, 0.1) is 13.8 Å². The standard InChI is InChI=1S/C9H14N6O2S2/c1-5-8(18-9(10)11-5)19(16,17)15(3)4-7-12-6(2)13-14-7/h4H2,1-3H3,(H2,10,11)(H,12,13,14). The van der Waals surface area contributed by atoms with Crippen molar-refractivity contribution in [1.29, 1.82) is 0 Å². The van der Waals surface area contributed by atoms with Gasteiger partial charge in [0.05, 0.1) is 12.2 Å². The van der Waals surface area contributed by atoms with E-state index in [1.54, 1.807) is 13.8 Å². The Morgan fingerprint density at radius 2 is 2.05 bits per heavy atom. The van der Waals surface area contributed by atoms with Gasteiger partial charge in [-0.15, -0.1) is 0 Å². The van der Waals surface area contributed by atoms with Gasteiger partial charge in [-0.2, -0.15) is 9.40 Å². The maximum atomic E-state index is 12.4. The highest BCUT2D eigenvalue weighted by Crippen LogP contribution is 2.27. The molecule has 0 saturated carbocycles. The van der Waals surface area contributed by atoms with Gasteiger partial charge in [0.15, 0.2) is 15.2 Å². The van der Waals surface area contributed by atoms with Crippen LogP contribution in [0.5, 0.6) is 0 Å². The third-order valence-corrected chi connectivity index (χ3v) is 5.80. The maximum absolute atomic E-state index is 12.4. The molecule has 0 unspecified atom stereocenters. The summed E-state index contributed by atoms with van der Waals surface area (Å²) in [6.45, 7) is 3.45. The summed E-state index contributed by atoms with van der Waals surface area (Å²) >= 11 is 0.954. The van der Waals surface area contributed by atoms with Gasteiger partial charge in [-0.1, -0.05) is 11.3 Å². The van der Waals surface area contributed by atoms with Gasteiger partial charge >= 0.3 is 0 Å². The van der Waals surface area contributed by atoms with Crippen molar-refractivity contribution in [3.63, 3.8) is 0 Å². The van der Waals surface area contributed by atoms with Gasteiger partial charge < -0.3 is 5.73 Å². The summed E-state index contributed by atoms with van der Waals surface area (Å²) in [5, 5.41) is 6.81. The molecule has 2 heterocycles. The predicted octanol–water partition coefficient (Wildman–Crippen LogP) is 0.281. The Morgan fingerprint density at radius 1 is 1.37 bits per heavy atom. The number of nitrogens with zero attached hydrogens (tertiary/aromatic N) is 4. The van der Waals surface area contributed by atoms with Crippen molar-refractivity contribution >= 4 is 26.5 Å². The number of aryl methyl sites for hydroxylation is 2. The second kappa shape index (κ2) is 4.87. The number of hydrogen-bond donors (Lipinski definition) is 2. The lowest BCUT2D eigenvalue weighted by molar-refractivity contribution is 0.458. The molecule has 0 spiro atoms. The summed E-state index contributed by atoms with van der Waals surface area (Å²) < 4.78 is 26.0. The van der Waals surface area contributed by atoms with E-state index in [0.29, 0.717) is 17.3 Å². The molecule has 19 heavy (non-hydrogen) atoms. The van der Waals surface area contributed by atoms with E-state index < -0.39 is 10.0 Å². The second-order valence-corrected chi connectivity index (χ2v) is 7.29. The normalized spacial score (nSPS) is 12.2. The van der Waals surface area contributed by atoms with Crippen LogP contribution in [0.1, 0.15) is 17.3 Å². The number of H-pyrrole nitrogens is 1. The van der Waals surface area contributed by atoms with E-state index >= 15 is 0 Å². The van der Waals surface area contributed by atoms with E-state index in [9.17, 15) is 8.42 Å². The number of nitrogens with two attached hydrogens (primary N) is 1. The number of rotatable bonds is 4. The van der Waals surface area contributed by atoms with Crippen LogP contribution in [0.25, 0.3) is 0 Å². The largest absolute Gasteiger partial charge is 0.375 e. The molecule has 0 amide bonds. The first-order chi connectivity index (χ1) is 8.80. The molecule has 2 aromatic rings. The minimum absolute atomic E-state index is 0.0872. The van der Waals surface area contributed by atoms with Crippen LogP contribution >= 0.6 is 11.3 Å². The molecule has 10 heteroatoms. The number of anilines is 1. The average molecular weight is 302 g/mol. The smallest absolute Gasteiger partial charge is 0.254 e. The Hall–Kier alpha value is -1.52. The van der Waals surface area contributed by atoms with Crippen molar-refractivity contribution in [3.05, 3.63) is 17.3 Å². The van der Waals surface area contributed by atoms with E-state index in [2.05, 4.69) is 20.2 Å². The molecular formula is C9H14N6O2S2. The number of thiazole rings is 1. The summed E-state index contributed by atoms with van der Waals surface area (Å²) in [6, 6.07) is 0. The molecule has 0 bridgehead atoms. The third kappa shape index (κ3) is 2.74. The zero-order chi connectivity index (χ0) is 14.2. The van der Waals surface area contributed by atoms with Crippen molar-refractivity contribution in [1.82, 2.24) is 24.5 Å². The first-order valence-electron chi connectivity index (χ1n) is 5.38. The summed E-state index contributed by atoms with van der Waals surface area (Å²) in [4.78, 5) is 8.00. The molecule has 0 radical (unpaired) electrons. The lowest BCUT2D eigenvalue weighted by Gasteiger charge is -2.14. The molecule has 3 N–H and O–H groups in total. The van der Waals surface area contributed by atoms with Crippen LogP contribution in [-0.2, 0) is 16.6 Å². The van der Waals surface area contributed by atoms with Crippen LogP contribution in [-0.4, -0.2) is 39.9 Å². The summed E-state index contributed by atoms with van der Waals surface area (Å²) in [5.74, 6) is 1.05. The Balaban J connectivity index is 2.27. The van der Waals surface area contributed by atoms with E-state index in [1.807, 2.05) is 0 Å². The van der Waals surface area contributed by atoms with Crippen LogP contribution in [0.2, 0.25) is 0 Å². The van der Waals surface area contributed by atoms with Crippen LogP contribution in [0.4, 0.5) is 5.13 Å². The molecule has 8 nitrogen and oxygen atoms in total. The fourth-order valence-electron chi connectivity index (χ4n) is 1.53. The van der Waals surface area contributed by atoms with Crippen molar-refractivity contribution in [2.24, 2.45) is 0 Å². The van der Waals surface area contributed by atoms with Gasteiger partial charge in [-0.25, -0.2) is 18.4 Å². The van der Waals surface area contributed by atoms with Gasteiger partial charge in [0.1, 0.15) is 5.82 Å². The van der Waals surface area contributed by atoms with Crippen LogP contribution in [0.3, 0.4) is 0 Å². The number of hydrogen-bond acceptors (Lipinski definition) is 7. The van der Waals surface area contributed by atoms with Gasteiger partial charge in [0.2, 0.25) is 0 Å². The minimum Gasteiger partial charge on any atom is -0.375 e. The lowest BCUT2D eigenvalue weighted by atomic mass is 10.6. The van der Waals surface area contributed by atoms with E-state index in [4.69, 9.17) is 5.73 Å². The van der Waals surface area contributed by atoms with E-state index in [0.717, 1.165) is 11.3 Å². The topological polar surface area (TPSA) is 118 Å². The zero-order valence-corrected chi connectivity index (χ0v) is 12.3. The average Bonchev–Trinajstić information content (AvgIpc) is 2.85. The second-order valence-electron chi connectivity index (χ2n) is 4.02.